The zero-order valence-electron chi connectivity index (χ0n) is 19.6. The molecule has 3 aromatic rings. The topological polar surface area (TPSA) is 65.1 Å². The summed E-state index contributed by atoms with van der Waals surface area (Å²) in [5, 5.41) is 0. The predicted molar refractivity (Wildman–Crippen MR) is 130 cm³/mol. The fourth-order valence-corrected chi connectivity index (χ4v) is 4.66. The average molecular weight is 438 g/mol. The highest BCUT2D eigenvalue weighted by Crippen LogP contribution is 2.31. The van der Waals surface area contributed by atoms with Crippen LogP contribution < -0.4 is 16.1 Å². The fraction of sp³-hybridized carbons (Fsp3) is 0.560. The van der Waals surface area contributed by atoms with Gasteiger partial charge in [-0.2, -0.15) is 4.98 Å². The lowest BCUT2D eigenvalue weighted by molar-refractivity contribution is 0.521. The van der Waals surface area contributed by atoms with Crippen molar-refractivity contribution in [1.82, 2.24) is 18.7 Å². The molecule has 1 aromatic carbocycles. The molecule has 0 saturated heterocycles. The van der Waals surface area contributed by atoms with Gasteiger partial charge in [-0.15, -0.1) is 0 Å². The number of hydrogen-bond donors (Lipinski definition) is 0. The summed E-state index contributed by atoms with van der Waals surface area (Å²) in [5.74, 6) is 0.746. The first-order valence-electron chi connectivity index (χ1n) is 12.1. The van der Waals surface area contributed by atoms with Crippen LogP contribution in [0.1, 0.15) is 63.9 Å². The second kappa shape index (κ2) is 9.76. The Hall–Kier alpha value is -2.83. The molecule has 0 N–H and O–H groups in total. The third-order valence-electron chi connectivity index (χ3n) is 6.55. The first-order chi connectivity index (χ1) is 15.5. The highest BCUT2D eigenvalue weighted by molar-refractivity contribution is 5.77. The predicted octanol–water partition coefficient (Wildman–Crippen LogP) is 4.50. The molecule has 0 radical (unpaired) electrons. The molecular weight excluding hydrogens is 402 g/mol. The van der Waals surface area contributed by atoms with Gasteiger partial charge in [0, 0.05) is 32.4 Å². The highest BCUT2D eigenvalue weighted by atomic mass is 16.2. The van der Waals surface area contributed by atoms with E-state index in [1.807, 2.05) is 4.57 Å². The van der Waals surface area contributed by atoms with Crippen molar-refractivity contribution in [2.45, 2.75) is 78.3 Å². The van der Waals surface area contributed by atoms with Gasteiger partial charge in [0.1, 0.15) is 0 Å². The second-order valence-corrected chi connectivity index (χ2v) is 9.00. The number of aryl methyl sites for hydroxylation is 3. The number of imidazole rings is 1. The molecule has 0 atom stereocenters. The second-order valence-electron chi connectivity index (χ2n) is 9.00. The molecule has 0 amide bonds. The van der Waals surface area contributed by atoms with E-state index >= 15 is 0 Å². The lowest BCUT2D eigenvalue weighted by Crippen LogP contribution is -2.40. The summed E-state index contributed by atoms with van der Waals surface area (Å²) in [6, 6.07) is 8.34. The van der Waals surface area contributed by atoms with Crippen LogP contribution in [0.2, 0.25) is 0 Å². The van der Waals surface area contributed by atoms with Crippen molar-refractivity contribution in [2.75, 3.05) is 11.4 Å². The van der Waals surface area contributed by atoms with Gasteiger partial charge < -0.3 is 9.47 Å². The molecule has 3 heterocycles. The van der Waals surface area contributed by atoms with E-state index in [9.17, 15) is 9.59 Å². The van der Waals surface area contributed by atoms with Crippen LogP contribution in [0.25, 0.3) is 11.2 Å². The molecule has 7 heteroatoms. The first-order valence-corrected chi connectivity index (χ1v) is 12.1. The van der Waals surface area contributed by atoms with Crippen molar-refractivity contribution in [3.63, 3.8) is 0 Å². The number of benzene rings is 1. The Labute approximate surface area is 189 Å². The van der Waals surface area contributed by atoms with Gasteiger partial charge in [0.2, 0.25) is 5.95 Å². The summed E-state index contributed by atoms with van der Waals surface area (Å²) in [6.45, 7) is 6.33. The molecule has 7 nitrogen and oxygen atoms in total. The molecule has 0 saturated carbocycles. The highest BCUT2D eigenvalue weighted by Gasteiger charge is 2.26. The van der Waals surface area contributed by atoms with Crippen LogP contribution in [0.15, 0.2) is 33.9 Å². The molecule has 0 aliphatic carbocycles. The minimum atomic E-state index is -0.272. The zero-order valence-corrected chi connectivity index (χ0v) is 19.6. The lowest BCUT2D eigenvalue weighted by atomic mass is 10.1. The fourth-order valence-electron chi connectivity index (χ4n) is 4.66. The molecule has 1 aliphatic heterocycles. The summed E-state index contributed by atoms with van der Waals surface area (Å²) in [4.78, 5) is 33.3. The van der Waals surface area contributed by atoms with Crippen LogP contribution in [-0.2, 0) is 20.1 Å². The SMILES string of the molecule is CCCCCCCCCn1c(=O)c2c(nc3n2CCCN3c2ccc(C)cc2)n(C)c1=O. The van der Waals surface area contributed by atoms with E-state index in [2.05, 4.69) is 43.0 Å². The summed E-state index contributed by atoms with van der Waals surface area (Å²) in [7, 11) is 1.72. The quantitative estimate of drug-likeness (QED) is 0.463. The lowest BCUT2D eigenvalue weighted by Gasteiger charge is -2.29. The number of aromatic nitrogens is 4. The number of hydrogen-bond acceptors (Lipinski definition) is 4. The van der Waals surface area contributed by atoms with Crippen LogP contribution in [0.5, 0.6) is 0 Å². The smallest absolute Gasteiger partial charge is 0.312 e. The Kier molecular flexibility index (Phi) is 6.82. The van der Waals surface area contributed by atoms with Gasteiger partial charge in [-0.25, -0.2) is 4.79 Å². The molecule has 0 spiro atoms. The Morgan fingerprint density at radius 1 is 0.938 bits per heavy atom. The maximum Gasteiger partial charge on any atom is 0.332 e. The van der Waals surface area contributed by atoms with Gasteiger partial charge in [0.25, 0.3) is 5.56 Å². The van der Waals surface area contributed by atoms with E-state index in [1.165, 1.54) is 40.4 Å². The van der Waals surface area contributed by atoms with Crippen molar-refractivity contribution in [1.29, 1.82) is 0 Å². The summed E-state index contributed by atoms with van der Waals surface area (Å²) in [6.07, 6.45) is 8.99. The minimum Gasteiger partial charge on any atom is -0.312 e. The van der Waals surface area contributed by atoms with Gasteiger partial charge in [0.05, 0.1) is 0 Å². The van der Waals surface area contributed by atoms with Crippen molar-refractivity contribution in [2.24, 2.45) is 7.05 Å². The van der Waals surface area contributed by atoms with Crippen LogP contribution in [0, 0.1) is 6.92 Å². The minimum absolute atomic E-state index is 0.210. The van der Waals surface area contributed by atoms with Crippen molar-refractivity contribution in [3.05, 3.63) is 50.7 Å². The van der Waals surface area contributed by atoms with Gasteiger partial charge in [-0.3, -0.25) is 13.9 Å². The van der Waals surface area contributed by atoms with Crippen LogP contribution in [0.4, 0.5) is 11.6 Å². The Morgan fingerprint density at radius 2 is 1.62 bits per heavy atom. The maximum absolute atomic E-state index is 13.4. The number of nitrogens with zero attached hydrogens (tertiary/aromatic N) is 5. The zero-order chi connectivity index (χ0) is 22.7. The molecule has 0 bridgehead atoms. The number of anilines is 2. The summed E-state index contributed by atoms with van der Waals surface area (Å²) in [5.41, 5.74) is 2.80. The number of rotatable bonds is 9. The van der Waals surface area contributed by atoms with Crippen molar-refractivity contribution >= 4 is 22.8 Å². The van der Waals surface area contributed by atoms with E-state index < -0.39 is 0 Å². The molecular formula is C25H35N5O2. The largest absolute Gasteiger partial charge is 0.332 e. The van der Waals surface area contributed by atoms with Crippen molar-refractivity contribution < 1.29 is 0 Å². The third-order valence-corrected chi connectivity index (χ3v) is 6.55. The van der Waals surface area contributed by atoms with Gasteiger partial charge in [0.15, 0.2) is 11.2 Å². The Balaban J connectivity index is 1.64. The first kappa shape index (κ1) is 22.4. The van der Waals surface area contributed by atoms with Crippen LogP contribution >= 0.6 is 0 Å². The Bertz CT molecular complexity index is 1190. The molecule has 32 heavy (non-hydrogen) atoms. The van der Waals surface area contributed by atoms with E-state index in [0.29, 0.717) is 17.7 Å². The monoisotopic (exact) mass is 437 g/mol. The normalized spacial score (nSPS) is 13.7. The van der Waals surface area contributed by atoms with Crippen LogP contribution in [0.3, 0.4) is 0 Å². The van der Waals surface area contributed by atoms with E-state index in [1.54, 1.807) is 7.05 Å². The van der Waals surface area contributed by atoms with Crippen LogP contribution in [-0.4, -0.2) is 25.2 Å². The Morgan fingerprint density at radius 3 is 2.34 bits per heavy atom. The molecule has 172 valence electrons. The average Bonchev–Trinajstić information content (AvgIpc) is 3.20. The molecule has 2 aromatic heterocycles. The third kappa shape index (κ3) is 4.25. The van der Waals surface area contributed by atoms with Gasteiger partial charge in [-0.1, -0.05) is 63.1 Å². The maximum atomic E-state index is 13.4. The molecule has 0 unspecified atom stereocenters. The summed E-state index contributed by atoms with van der Waals surface area (Å²) >= 11 is 0. The summed E-state index contributed by atoms with van der Waals surface area (Å²) < 4.78 is 4.95. The number of fused-ring (bicyclic) bond motifs is 3. The van der Waals surface area contributed by atoms with Gasteiger partial charge >= 0.3 is 5.69 Å². The van der Waals surface area contributed by atoms with Crippen molar-refractivity contribution in [3.8, 4) is 0 Å². The molecule has 4 rings (SSSR count). The molecule has 0 fully saturated rings. The van der Waals surface area contributed by atoms with E-state index in [4.69, 9.17) is 4.98 Å². The standard InChI is InChI=1S/C25H35N5O2/c1-4-5-6-7-8-9-10-16-30-23(31)21-22(27(3)25(30)32)26-24-28(17-11-18-29(21)24)20-14-12-19(2)13-15-20/h12-15H,4-11,16-18H2,1-3H3. The van der Waals surface area contributed by atoms with Gasteiger partial charge in [-0.05, 0) is 31.9 Å². The molecule has 1 aliphatic rings. The van der Waals surface area contributed by atoms with E-state index in [-0.39, 0.29) is 11.2 Å². The van der Waals surface area contributed by atoms with E-state index in [0.717, 1.165) is 50.4 Å². The number of unbranched alkanes of at least 4 members (excludes halogenated alkanes) is 6.